The van der Waals surface area contributed by atoms with E-state index in [1.165, 1.54) is 4.90 Å². The normalized spacial score (nSPS) is 21.8. The maximum atomic E-state index is 12.7. The maximum Gasteiger partial charge on any atom is 0.279 e. The molecule has 0 aliphatic carbocycles. The highest BCUT2D eigenvalue weighted by molar-refractivity contribution is 6.10. The van der Waals surface area contributed by atoms with Crippen LogP contribution in [-0.2, 0) is 9.53 Å². The highest BCUT2D eigenvalue weighted by Crippen LogP contribution is 2.18. The van der Waals surface area contributed by atoms with E-state index in [2.05, 4.69) is 10.6 Å². The molecule has 0 saturated carbocycles. The number of carbonyl (C=O) groups excluding carboxylic acids is 2. The van der Waals surface area contributed by atoms with Gasteiger partial charge in [0.1, 0.15) is 25.3 Å². The summed E-state index contributed by atoms with van der Waals surface area (Å²) >= 11 is 0. The molecule has 1 aliphatic heterocycles. The smallest absolute Gasteiger partial charge is 0.279 e. The number of morpholine rings is 1. The second kappa shape index (κ2) is 8.99. The average molecular weight is 382 g/mol. The van der Waals surface area contributed by atoms with Gasteiger partial charge in [-0.3, -0.25) is 9.59 Å². The Morgan fingerprint density at radius 1 is 1.04 bits per heavy atom. The van der Waals surface area contributed by atoms with Crippen LogP contribution in [0.15, 0.2) is 48.5 Å². The molecule has 2 amide bonds. The number of benzene rings is 2. The molecule has 3 rings (SSSR count). The van der Waals surface area contributed by atoms with E-state index in [-0.39, 0.29) is 24.0 Å². The number of quaternary nitrogens is 1. The van der Waals surface area contributed by atoms with Gasteiger partial charge in [-0.1, -0.05) is 24.3 Å². The molecule has 28 heavy (non-hydrogen) atoms. The minimum absolute atomic E-state index is 0.105. The number of hydrogen-bond donors (Lipinski definition) is 3. The van der Waals surface area contributed by atoms with Crippen molar-refractivity contribution in [1.82, 2.24) is 0 Å². The van der Waals surface area contributed by atoms with Crippen molar-refractivity contribution in [2.24, 2.45) is 0 Å². The zero-order valence-electron chi connectivity index (χ0n) is 16.6. The molecule has 0 unspecified atom stereocenters. The van der Waals surface area contributed by atoms with E-state index >= 15 is 0 Å². The monoisotopic (exact) mass is 382 g/mol. The van der Waals surface area contributed by atoms with E-state index in [0.717, 1.165) is 24.3 Å². The predicted molar refractivity (Wildman–Crippen MR) is 110 cm³/mol. The van der Waals surface area contributed by atoms with Gasteiger partial charge in [-0.15, -0.1) is 0 Å². The van der Waals surface area contributed by atoms with Crippen LogP contribution in [0.1, 0.15) is 29.8 Å². The van der Waals surface area contributed by atoms with Crippen LogP contribution in [0.5, 0.6) is 0 Å². The van der Waals surface area contributed by atoms with Gasteiger partial charge in [0.2, 0.25) is 0 Å². The van der Waals surface area contributed by atoms with Crippen molar-refractivity contribution < 1.29 is 19.2 Å². The SMILES string of the molecule is Cc1cccc(NC(=O)c2ccccc2NC(=O)C[NH+]2C[C@@H](C)O[C@H](C)C2)c1. The first kappa shape index (κ1) is 20.0. The highest BCUT2D eigenvalue weighted by Gasteiger charge is 2.27. The van der Waals surface area contributed by atoms with Crippen LogP contribution < -0.4 is 15.5 Å². The first-order valence-corrected chi connectivity index (χ1v) is 9.66. The lowest BCUT2D eigenvalue weighted by Crippen LogP contribution is -3.16. The molecule has 0 radical (unpaired) electrons. The lowest BCUT2D eigenvalue weighted by atomic mass is 10.1. The van der Waals surface area contributed by atoms with E-state index in [1.807, 2.05) is 51.1 Å². The third-order valence-corrected chi connectivity index (χ3v) is 4.75. The lowest BCUT2D eigenvalue weighted by Gasteiger charge is -2.31. The summed E-state index contributed by atoms with van der Waals surface area (Å²) < 4.78 is 5.73. The van der Waals surface area contributed by atoms with Crippen LogP contribution in [0.4, 0.5) is 11.4 Å². The summed E-state index contributed by atoms with van der Waals surface area (Å²) in [6.07, 6.45) is 0.276. The van der Waals surface area contributed by atoms with Crippen molar-refractivity contribution in [3.63, 3.8) is 0 Å². The van der Waals surface area contributed by atoms with Crippen LogP contribution in [0.25, 0.3) is 0 Å². The van der Waals surface area contributed by atoms with Gasteiger partial charge in [-0.25, -0.2) is 0 Å². The zero-order chi connectivity index (χ0) is 20.1. The standard InChI is InChI=1S/C22H27N3O3/c1-15-7-6-8-18(11-15)23-22(27)19-9-4-5-10-20(19)24-21(26)14-25-12-16(2)28-17(3)13-25/h4-11,16-17H,12-14H2,1-3H3,(H,23,27)(H,24,26)/p+1/t16-,17-/m1/s1. The van der Waals surface area contributed by atoms with E-state index in [9.17, 15) is 9.59 Å². The van der Waals surface area contributed by atoms with Crippen molar-refractivity contribution in [1.29, 1.82) is 0 Å². The molecule has 2 aromatic rings. The number of ether oxygens (including phenoxy) is 1. The topological polar surface area (TPSA) is 71.9 Å². The lowest BCUT2D eigenvalue weighted by molar-refractivity contribution is -0.907. The van der Waals surface area contributed by atoms with Gasteiger partial charge in [0.25, 0.3) is 11.8 Å². The fraction of sp³-hybridized carbons (Fsp3) is 0.364. The molecule has 1 aliphatic rings. The van der Waals surface area contributed by atoms with E-state index in [4.69, 9.17) is 4.74 Å². The third-order valence-electron chi connectivity index (χ3n) is 4.75. The summed E-state index contributed by atoms with van der Waals surface area (Å²) in [5.41, 5.74) is 2.76. The van der Waals surface area contributed by atoms with Gasteiger partial charge < -0.3 is 20.3 Å². The second-order valence-corrected chi connectivity index (χ2v) is 7.51. The van der Waals surface area contributed by atoms with Gasteiger partial charge in [0.15, 0.2) is 6.54 Å². The first-order valence-electron chi connectivity index (χ1n) is 9.66. The molecule has 1 saturated heterocycles. The summed E-state index contributed by atoms with van der Waals surface area (Å²) in [7, 11) is 0. The Labute approximate surface area is 165 Å². The molecule has 3 N–H and O–H groups in total. The fourth-order valence-electron chi connectivity index (χ4n) is 3.67. The summed E-state index contributed by atoms with van der Waals surface area (Å²) in [6.45, 7) is 7.98. The molecule has 0 bridgehead atoms. The van der Waals surface area contributed by atoms with E-state index < -0.39 is 0 Å². The molecule has 148 valence electrons. The molecule has 1 heterocycles. The van der Waals surface area contributed by atoms with Crippen molar-refractivity contribution >= 4 is 23.2 Å². The van der Waals surface area contributed by atoms with Gasteiger partial charge >= 0.3 is 0 Å². The van der Waals surface area contributed by atoms with Crippen molar-refractivity contribution in [2.75, 3.05) is 30.3 Å². The molecule has 1 fully saturated rings. The van der Waals surface area contributed by atoms with Gasteiger partial charge in [-0.05, 0) is 50.6 Å². The molecule has 6 nitrogen and oxygen atoms in total. The van der Waals surface area contributed by atoms with Crippen LogP contribution >= 0.6 is 0 Å². The van der Waals surface area contributed by atoms with Gasteiger partial charge in [0.05, 0.1) is 11.3 Å². The quantitative estimate of drug-likeness (QED) is 0.739. The number of rotatable bonds is 5. The number of nitrogens with one attached hydrogen (secondary N) is 3. The summed E-state index contributed by atoms with van der Waals surface area (Å²) in [5.74, 6) is -0.352. The number of anilines is 2. The fourth-order valence-corrected chi connectivity index (χ4v) is 3.67. The molecule has 6 heteroatoms. The number of para-hydroxylation sites is 1. The largest absolute Gasteiger partial charge is 0.364 e. The maximum absolute atomic E-state index is 12.7. The van der Waals surface area contributed by atoms with Gasteiger partial charge in [0, 0.05) is 5.69 Å². The van der Waals surface area contributed by atoms with Crippen LogP contribution in [0.2, 0.25) is 0 Å². The second-order valence-electron chi connectivity index (χ2n) is 7.51. The Morgan fingerprint density at radius 3 is 2.46 bits per heavy atom. The van der Waals surface area contributed by atoms with Crippen molar-refractivity contribution in [3.05, 3.63) is 59.7 Å². The van der Waals surface area contributed by atoms with Crippen molar-refractivity contribution in [2.45, 2.75) is 33.0 Å². The van der Waals surface area contributed by atoms with Crippen LogP contribution in [-0.4, -0.2) is 43.7 Å². The number of amides is 2. The summed E-state index contributed by atoms with van der Waals surface area (Å²) in [5, 5.41) is 5.80. The van der Waals surface area contributed by atoms with Gasteiger partial charge in [-0.2, -0.15) is 0 Å². The molecule has 0 aromatic heterocycles. The van der Waals surface area contributed by atoms with E-state index in [0.29, 0.717) is 17.8 Å². The van der Waals surface area contributed by atoms with Crippen LogP contribution in [0, 0.1) is 6.92 Å². The molecule has 0 spiro atoms. The molecular formula is C22H28N3O3+. The minimum atomic E-state index is -0.248. The number of aryl methyl sites for hydroxylation is 1. The van der Waals surface area contributed by atoms with Crippen LogP contribution in [0.3, 0.4) is 0 Å². The predicted octanol–water partition coefficient (Wildman–Crippen LogP) is 1.88. The number of carbonyl (C=O) groups is 2. The Kier molecular flexibility index (Phi) is 6.44. The minimum Gasteiger partial charge on any atom is -0.364 e. The highest BCUT2D eigenvalue weighted by atomic mass is 16.5. The Bertz CT molecular complexity index is 842. The Morgan fingerprint density at radius 2 is 1.75 bits per heavy atom. The Balaban J connectivity index is 1.66. The molecule has 2 aromatic carbocycles. The number of hydrogen-bond acceptors (Lipinski definition) is 3. The first-order chi connectivity index (χ1) is 13.4. The summed E-state index contributed by atoms with van der Waals surface area (Å²) in [4.78, 5) is 26.5. The summed E-state index contributed by atoms with van der Waals surface area (Å²) in [6, 6.07) is 14.7. The third kappa shape index (κ3) is 5.41. The average Bonchev–Trinajstić information content (AvgIpc) is 2.61. The van der Waals surface area contributed by atoms with E-state index in [1.54, 1.807) is 18.2 Å². The Hall–Kier alpha value is -2.70. The van der Waals surface area contributed by atoms with Crippen molar-refractivity contribution in [3.8, 4) is 0 Å². The zero-order valence-corrected chi connectivity index (χ0v) is 16.6. The molecular weight excluding hydrogens is 354 g/mol. The molecule has 2 atom stereocenters.